The number of hydrogen-bond acceptors (Lipinski definition) is 11. The van der Waals surface area contributed by atoms with Gasteiger partial charge in [-0.3, -0.25) is 9.36 Å². The SMILES string of the molecule is CC(C)(C)OC(=O)N(CCCCCC(=O)OCC1OC(n2ccc(N)nc2=O)CS1)CCCCCN(Cc1ccccc1)C(=O)OC(C)(C)C. The molecule has 14 heteroatoms. The molecule has 1 aliphatic rings. The molecule has 2 aromatic rings. The first kappa shape index (κ1) is 40.6. The van der Waals surface area contributed by atoms with E-state index in [2.05, 4.69) is 4.98 Å². The summed E-state index contributed by atoms with van der Waals surface area (Å²) < 4.78 is 24.0. The quantitative estimate of drug-likeness (QED) is 0.110. The highest BCUT2D eigenvalue weighted by molar-refractivity contribution is 8.00. The van der Waals surface area contributed by atoms with Crippen molar-refractivity contribution in [3.63, 3.8) is 0 Å². The lowest BCUT2D eigenvalue weighted by Crippen LogP contribution is -2.38. The molecule has 1 aliphatic heterocycles. The van der Waals surface area contributed by atoms with E-state index in [4.69, 9.17) is 24.7 Å². The summed E-state index contributed by atoms with van der Waals surface area (Å²) in [5.41, 5.74) is 4.52. The summed E-state index contributed by atoms with van der Waals surface area (Å²) in [6, 6.07) is 11.4. The van der Waals surface area contributed by atoms with Gasteiger partial charge in [0, 0.05) is 44.5 Å². The molecule has 2 amide bonds. The second-order valence-corrected chi connectivity index (χ2v) is 15.5. The number of nitrogens with two attached hydrogens (primary N) is 1. The molecule has 3 rings (SSSR count). The highest BCUT2D eigenvalue weighted by atomic mass is 32.2. The van der Waals surface area contributed by atoms with Crippen LogP contribution in [0.25, 0.3) is 0 Å². The first-order valence-electron chi connectivity index (χ1n) is 17.4. The lowest BCUT2D eigenvalue weighted by atomic mass is 10.1. The maximum absolute atomic E-state index is 13.0. The number of hydrogen-bond donors (Lipinski definition) is 1. The van der Waals surface area contributed by atoms with Crippen molar-refractivity contribution in [3.05, 3.63) is 58.6 Å². The van der Waals surface area contributed by atoms with Crippen molar-refractivity contribution >= 4 is 35.7 Å². The second-order valence-electron chi connectivity index (χ2n) is 14.3. The van der Waals surface area contributed by atoms with E-state index in [-0.39, 0.29) is 42.4 Å². The van der Waals surface area contributed by atoms with Crippen molar-refractivity contribution in [3.8, 4) is 0 Å². The summed E-state index contributed by atoms with van der Waals surface area (Å²) in [7, 11) is 0. The number of carbonyl (C=O) groups excluding carboxylic acids is 3. The number of nitrogen functional groups attached to an aromatic ring is 1. The van der Waals surface area contributed by atoms with Crippen LogP contribution in [0.3, 0.4) is 0 Å². The summed E-state index contributed by atoms with van der Waals surface area (Å²) in [6.45, 7) is 13.2. The lowest BCUT2D eigenvalue weighted by Gasteiger charge is -2.28. The van der Waals surface area contributed by atoms with Crippen molar-refractivity contribution in [2.24, 2.45) is 0 Å². The highest BCUT2D eigenvalue weighted by Crippen LogP contribution is 2.31. The number of rotatable bonds is 17. The number of thioether (sulfide) groups is 1. The maximum atomic E-state index is 13.0. The van der Waals surface area contributed by atoms with Crippen LogP contribution >= 0.6 is 11.8 Å². The lowest BCUT2D eigenvalue weighted by molar-refractivity contribution is -0.147. The maximum Gasteiger partial charge on any atom is 0.410 e. The number of benzene rings is 1. The Balaban J connectivity index is 1.38. The zero-order chi connectivity index (χ0) is 36.7. The molecule has 1 fully saturated rings. The molecule has 0 radical (unpaired) electrons. The minimum absolute atomic E-state index is 0.0887. The van der Waals surface area contributed by atoms with Crippen molar-refractivity contribution in [1.29, 1.82) is 0 Å². The van der Waals surface area contributed by atoms with Gasteiger partial charge in [0.25, 0.3) is 0 Å². The molecule has 13 nitrogen and oxygen atoms in total. The average Bonchev–Trinajstić information content (AvgIpc) is 3.49. The third-order valence-electron chi connectivity index (χ3n) is 7.46. The molecule has 2 unspecified atom stereocenters. The van der Waals surface area contributed by atoms with Crippen LogP contribution < -0.4 is 11.4 Å². The molecule has 278 valence electrons. The minimum atomic E-state index is -0.617. The normalized spacial score (nSPS) is 16.1. The van der Waals surface area contributed by atoms with Gasteiger partial charge < -0.3 is 34.5 Å². The van der Waals surface area contributed by atoms with Crippen LogP contribution in [0.2, 0.25) is 0 Å². The minimum Gasteiger partial charge on any atom is -0.462 e. The number of amides is 2. The molecule has 1 aromatic carbocycles. The Labute approximate surface area is 300 Å². The van der Waals surface area contributed by atoms with Crippen LogP contribution in [0.5, 0.6) is 0 Å². The molecular formula is C36H55N5O8S. The monoisotopic (exact) mass is 717 g/mol. The zero-order valence-corrected chi connectivity index (χ0v) is 31.2. The number of nitrogens with zero attached hydrogens (tertiary/aromatic N) is 4. The van der Waals surface area contributed by atoms with Crippen LogP contribution in [0.15, 0.2) is 47.4 Å². The standard InChI is InChI=1S/C36H55N5O8S/c1-35(2,3)48-33(44)39(21-14-9-15-22-40(34(45)49-36(4,5)6)24-27-16-10-7-11-17-27)20-13-8-12-18-30(42)46-25-31-47-29(26-50-31)41-23-19-28(37)38-32(41)43/h7,10-11,16-17,19,23,29,31H,8-9,12-15,18,20-22,24-26H2,1-6H3,(H2,37,38,43). The summed E-state index contributed by atoms with van der Waals surface area (Å²) in [4.78, 5) is 57.6. The Morgan fingerprint density at radius 2 is 1.46 bits per heavy atom. The summed E-state index contributed by atoms with van der Waals surface area (Å²) >= 11 is 1.47. The van der Waals surface area contributed by atoms with Gasteiger partial charge in [-0.25, -0.2) is 14.4 Å². The third-order valence-corrected chi connectivity index (χ3v) is 8.56. The number of carbonyl (C=O) groups is 3. The summed E-state index contributed by atoms with van der Waals surface area (Å²) in [5, 5.41) is 0. The highest BCUT2D eigenvalue weighted by Gasteiger charge is 2.29. The van der Waals surface area contributed by atoms with Crippen molar-refractivity contribution in [2.75, 3.05) is 37.7 Å². The molecule has 0 saturated carbocycles. The fourth-order valence-electron chi connectivity index (χ4n) is 5.07. The van der Waals surface area contributed by atoms with Gasteiger partial charge in [0.1, 0.15) is 35.3 Å². The first-order valence-corrected chi connectivity index (χ1v) is 18.4. The molecule has 50 heavy (non-hydrogen) atoms. The van der Waals surface area contributed by atoms with E-state index < -0.39 is 23.1 Å². The van der Waals surface area contributed by atoms with E-state index in [1.807, 2.05) is 71.9 Å². The second kappa shape index (κ2) is 19.6. The molecule has 0 bridgehead atoms. The van der Waals surface area contributed by atoms with Crippen molar-refractivity contribution in [1.82, 2.24) is 19.4 Å². The fourth-order valence-corrected chi connectivity index (χ4v) is 6.06. The van der Waals surface area contributed by atoms with Crippen molar-refractivity contribution in [2.45, 2.75) is 116 Å². The Bertz CT molecular complexity index is 1430. The molecule has 2 atom stereocenters. The number of ether oxygens (including phenoxy) is 4. The van der Waals surface area contributed by atoms with Crippen LogP contribution in [-0.4, -0.2) is 86.1 Å². The average molecular weight is 718 g/mol. The first-order chi connectivity index (χ1) is 23.6. The van der Waals surface area contributed by atoms with Gasteiger partial charge in [-0.2, -0.15) is 4.98 Å². The molecule has 0 spiro atoms. The van der Waals surface area contributed by atoms with Gasteiger partial charge in [-0.1, -0.05) is 36.8 Å². The Morgan fingerprint density at radius 1 is 0.880 bits per heavy atom. The number of esters is 1. The van der Waals surface area contributed by atoms with E-state index in [9.17, 15) is 19.2 Å². The van der Waals surface area contributed by atoms with Crippen molar-refractivity contribution < 1.29 is 33.3 Å². The zero-order valence-electron chi connectivity index (χ0n) is 30.4. The largest absolute Gasteiger partial charge is 0.462 e. The van der Waals surface area contributed by atoms with Gasteiger partial charge >= 0.3 is 23.8 Å². The van der Waals surface area contributed by atoms with E-state index in [1.165, 1.54) is 22.4 Å². The molecule has 2 N–H and O–H groups in total. The van der Waals surface area contributed by atoms with Crippen LogP contribution in [0.4, 0.5) is 15.4 Å². The number of aromatic nitrogens is 2. The van der Waals surface area contributed by atoms with E-state index in [1.54, 1.807) is 16.0 Å². The summed E-state index contributed by atoms with van der Waals surface area (Å²) in [5.74, 6) is 0.358. The third kappa shape index (κ3) is 15.4. The topological polar surface area (TPSA) is 156 Å². The fraction of sp³-hybridized carbons (Fsp3) is 0.639. The molecule has 0 aliphatic carbocycles. The number of anilines is 1. The smallest absolute Gasteiger partial charge is 0.410 e. The van der Waals surface area contributed by atoms with Gasteiger partial charge in [-0.15, -0.1) is 11.8 Å². The Hall–Kier alpha value is -3.78. The predicted octanol–water partition coefficient (Wildman–Crippen LogP) is 6.36. The van der Waals surface area contributed by atoms with Crippen LogP contribution in [0, 0.1) is 0 Å². The van der Waals surface area contributed by atoms with E-state index in [0.717, 1.165) is 31.2 Å². The molecule has 1 aromatic heterocycles. The van der Waals surface area contributed by atoms with Crippen LogP contribution in [0.1, 0.15) is 98.3 Å². The van der Waals surface area contributed by atoms with E-state index >= 15 is 0 Å². The van der Waals surface area contributed by atoms with E-state index in [0.29, 0.717) is 44.8 Å². The molecule has 1 saturated heterocycles. The van der Waals surface area contributed by atoms with Gasteiger partial charge in [-0.05, 0) is 85.3 Å². The number of unbranched alkanes of at least 4 members (excludes halogenated alkanes) is 4. The summed E-state index contributed by atoms with van der Waals surface area (Å²) in [6.07, 6.45) is 5.01. The van der Waals surface area contributed by atoms with Crippen LogP contribution in [-0.2, 0) is 30.3 Å². The molecular weight excluding hydrogens is 662 g/mol. The predicted molar refractivity (Wildman–Crippen MR) is 193 cm³/mol. The Morgan fingerprint density at radius 3 is 2.06 bits per heavy atom. The van der Waals surface area contributed by atoms with Gasteiger partial charge in [0.15, 0.2) is 0 Å². The molecule has 2 heterocycles. The Kier molecular flexibility index (Phi) is 15.9. The van der Waals surface area contributed by atoms with Gasteiger partial charge in [0.2, 0.25) is 0 Å². The van der Waals surface area contributed by atoms with Gasteiger partial charge in [0.05, 0.1) is 0 Å².